The first kappa shape index (κ1) is 15.8. The fraction of sp³-hybridized carbons (Fsp3) is 1.00. The molecule has 0 amide bonds. The van der Waals surface area contributed by atoms with Crippen molar-refractivity contribution >= 4 is 0 Å². The molecule has 4 heteroatoms. The van der Waals surface area contributed by atoms with Crippen LogP contribution in [0.3, 0.4) is 0 Å². The fourth-order valence-electron chi connectivity index (χ4n) is 1.59. The lowest BCUT2D eigenvalue weighted by atomic mass is 10.1. The second-order valence-electron chi connectivity index (χ2n) is 4.48. The maximum atomic E-state index is 9.77. The van der Waals surface area contributed by atoms with Crippen molar-refractivity contribution in [2.75, 3.05) is 32.8 Å². The molecular weight excluding hydrogens is 206 g/mol. The van der Waals surface area contributed by atoms with E-state index in [0.29, 0.717) is 26.3 Å². The lowest BCUT2D eigenvalue weighted by molar-refractivity contribution is -0.150. The highest BCUT2D eigenvalue weighted by molar-refractivity contribution is 4.72. The maximum Gasteiger partial charge on any atom is 0.170 e. The van der Waals surface area contributed by atoms with E-state index in [1.54, 1.807) is 0 Å². The molecule has 1 N–H and O–H groups in total. The second kappa shape index (κ2) is 8.01. The molecule has 0 aliphatic heterocycles. The molecule has 0 bridgehead atoms. The van der Waals surface area contributed by atoms with Gasteiger partial charge in [0, 0.05) is 26.3 Å². The van der Waals surface area contributed by atoms with Crippen LogP contribution in [0.4, 0.5) is 0 Å². The maximum absolute atomic E-state index is 9.77. The van der Waals surface area contributed by atoms with Crippen LogP contribution in [0.1, 0.15) is 34.6 Å². The Labute approximate surface area is 99.5 Å². The molecule has 0 saturated heterocycles. The number of likely N-dealkylation sites (N-methyl/N-ethyl adjacent to an activating group) is 1. The van der Waals surface area contributed by atoms with Gasteiger partial charge in [0.15, 0.2) is 6.29 Å². The second-order valence-corrected chi connectivity index (χ2v) is 4.48. The van der Waals surface area contributed by atoms with Crippen molar-refractivity contribution in [2.24, 2.45) is 0 Å². The number of ether oxygens (including phenoxy) is 2. The molecule has 4 nitrogen and oxygen atoms in total. The zero-order valence-electron chi connectivity index (χ0n) is 11.3. The summed E-state index contributed by atoms with van der Waals surface area (Å²) >= 11 is 0. The Morgan fingerprint density at radius 1 is 1.12 bits per heavy atom. The highest BCUT2D eigenvalue weighted by Gasteiger charge is 2.20. The van der Waals surface area contributed by atoms with E-state index in [-0.39, 0.29) is 6.29 Å². The summed E-state index contributed by atoms with van der Waals surface area (Å²) in [7, 11) is 0. The van der Waals surface area contributed by atoms with Gasteiger partial charge < -0.3 is 14.6 Å². The molecule has 0 rings (SSSR count). The predicted molar refractivity (Wildman–Crippen MR) is 65.5 cm³/mol. The Bertz CT molecular complexity index is 162. The van der Waals surface area contributed by atoms with E-state index in [1.807, 2.05) is 27.7 Å². The first-order chi connectivity index (χ1) is 7.42. The largest absolute Gasteiger partial charge is 0.389 e. The van der Waals surface area contributed by atoms with E-state index < -0.39 is 5.60 Å². The molecule has 0 aromatic heterocycles. The Morgan fingerprint density at radius 2 is 1.62 bits per heavy atom. The molecular formula is C12H27NO3. The van der Waals surface area contributed by atoms with Crippen LogP contribution in [-0.4, -0.2) is 54.7 Å². The van der Waals surface area contributed by atoms with Gasteiger partial charge in [-0.1, -0.05) is 6.92 Å². The summed E-state index contributed by atoms with van der Waals surface area (Å²) in [5, 5.41) is 9.77. The molecule has 0 aliphatic rings. The summed E-state index contributed by atoms with van der Waals surface area (Å²) in [4.78, 5) is 2.13. The molecule has 98 valence electrons. The lowest BCUT2D eigenvalue weighted by Crippen LogP contribution is -2.43. The van der Waals surface area contributed by atoms with Gasteiger partial charge in [-0.15, -0.1) is 0 Å². The monoisotopic (exact) mass is 233 g/mol. The average molecular weight is 233 g/mol. The zero-order chi connectivity index (χ0) is 12.6. The number of rotatable bonds is 9. The highest BCUT2D eigenvalue weighted by atomic mass is 16.7. The van der Waals surface area contributed by atoms with Crippen molar-refractivity contribution in [3.05, 3.63) is 0 Å². The predicted octanol–water partition coefficient (Wildman–Crippen LogP) is 1.48. The van der Waals surface area contributed by atoms with Gasteiger partial charge in [0.2, 0.25) is 0 Å². The third-order valence-electron chi connectivity index (χ3n) is 2.17. The van der Waals surface area contributed by atoms with Gasteiger partial charge in [0.1, 0.15) is 0 Å². The molecule has 0 spiro atoms. The molecule has 0 aliphatic carbocycles. The summed E-state index contributed by atoms with van der Waals surface area (Å²) in [6.45, 7) is 13.1. The molecule has 0 aromatic rings. The van der Waals surface area contributed by atoms with E-state index in [0.717, 1.165) is 6.54 Å². The number of aliphatic hydroxyl groups is 1. The minimum Gasteiger partial charge on any atom is -0.389 e. The van der Waals surface area contributed by atoms with E-state index in [4.69, 9.17) is 9.47 Å². The summed E-state index contributed by atoms with van der Waals surface area (Å²) < 4.78 is 11.0. The zero-order valence-corrected chi connectivity index (χ0v) is 11.3. The summed E-state index contributed by atoms with van der Waals surface area (Å²) in [6.07, 6.45) is -0.197. The van der Waals surface area contributed by atoms with Gasteiger partial charge >= 0.3 is 0 Å². The molecule has 0 unspecified atom stereocenters. The van der Waals surface area contributed by atoms with E-state index >= 15 is 0 Å². The molecule has 0 saturated carbocycles. The standard InChI is InChI=1S/C12H27NO3/c1-6-13(10-12(4,5)14)9-11(15-7-2)16-8-3/h11,14H,6-10H2,1-5H3. The van der Waals surface area contributed by atoms with Crippen LogP contribution in [0.5, 0.6) is 0 Å². The van der Waals surface area contributed by atoms with E-state index in [1.165, 1.54) is 0 Å². The van der Waals surface area contributed by atoms with Gasteiger partial charge in [-0.3, -0.25) is 4.90 Å². The number of hydrogen-bond donors (Lipinski definition) is 1. The number of hydrogen-bond acceptors (Lipinski definition) is 4. The SMILES string of the molecule is CCOC(CN(CC)CC(C)(C)O)OCC. The molecule has 0 atom stereocenters. The van der Waals surface area contributed by atoms with Gasteiger partial charge in [-0.25, -0.2) is 0 Å². The van der Waals surface area contributed by atoms with Crippen LogP contribution >= 0.6 is 0 Å². The van der Waals surface area contributed by atoms with Gasteiger partial charge in [-0.05, 0) is 34.2 Å². The fourth-order valence-corrected chi connectivity index (χ4v) is 1.59. The van der Waals surface area contributed by atoms with Crippen molar-refractivity contribution in [3.63, 3.8) is 0 Å². The van der Waals surface area contributed by atoms with Crippen molar-refractivity contribution in [2.45, 2.75) is 46.5 Å². The average Bonchev–Trinajstić information content (AvgIpc) is 2.15. The van der Waals surface area contributed by atoms with Crippen LogP contribution < -0.4 is 0 Å². The van der Waals surface area contributed by atoms with Crippen LogP contribution in [0.25, 0.3) is 0 Å². The molecule has 0 radical (unpaired) electrons. The molecule has 0 aromatic carbocycles. The van der Waals surface area contributed by atoms with Crippen molar-refractivity contribution in [1.82, 2.24) is 4.90 Å². The topological polar surface area (TPSA) is 41.9 Å². The third kappa shape index (κ3) is 8.05. The Balaban J connectivity index is 4.14. The normalized spacial score (nSPS) is 12.8. The van der Waals surface area contributed by atoms with Crippen molar-refractivity contribution < 1.29 is 14.6 Å². The first-order valence-corrected chi connectivity index (χ1v) is 6.10. The van der Waals surface area contributed by atoms with E-state index in [9.17, 15) is 5.11 Å². The molecule has 16 heavy (non-hydrogen) atoms. The molecule has 0 heterocycles. The highest BCUT2D eigenvalue weighted by Crippen LogP contribution is 2.07. The van der Waals surface area contributed by atoms with Gasteiger partial charge in [0.25, 0.3) is 0 Å². The minimum absolute atomic E-state index is 0.197. The van der Waals surface area contributed by atoms with Gasteiger partial charge in [0.05, 0.1) is 5.60 Å². The van der Waals surface area contributed by atoms with Crippen LogP contribution in [0.2, 0.25) is 0 Å². The number of nitrogens with zero attached hydrogens (tertiary/aromatic N) is 1. The van der Waals surface area contributed by atoms with Crippen molar-refractivity contribution in [3.8, 4) is 0 Å². The molecule has 0 fully saturated rings. The van der Waals surface area contributed by atoms with E-state index in [2.05, 4.69) is 11.8 Å². The minimum atomic E-state index is -0.682. The lowest BCUT2D eigenvalue weighted by Gasteiger charge is -2.30. The Morgan fingerprint density at radius 3 is 1.94 bits per heavy atom. The Hall–Kier alpha value is -0.160. The first-order valence-electron chi connectivity index (χ1n) is 6.10. The van der Waals surface area contributed by atoms with Crippen LogP contribution in [0, 0.1) is 0 Å². The Kier molecular flexibility index (Phi) is 7.93. The summed E-state index contributed by atoms with van der Waals surface area (Å²) in [6, 6.07) is 0. The van der Waals surface area contributed by atoms with Crippen molar-refractivity contribution in [1.29, 1.82) is 0 Å². The van der Waals surface area contributed by atoms with Crippen LogP contribution in [-0.2, 0) is 9.47 Å². The van der Waals surface area contributed by atoms with Crippen LogP contribution in [0.15, 0.2) is 0 Å². The quantitative estimate of drug-likeness (QED) is 0.613. The third-order valence-corrected chi connectivity index (χ3v) is 2.17. The van der Waals surface area contributed by atoms with Gasteiger partial charge in [-0.2, -0.15) is 0 Å². The summed E-state index contributed by atoms with van der Waals surface area (Å²) in [5.41, 5.74) is -0.682. The smallest absolute Gasteiger partial charge is 0.170 e. The summed E-state index contributed by atoms with van der Waals surface area (Å²) in [5.74, 6) is 0.